The van der Waals surface area contributed by atoms with E-state index in [2.05, 4.69) is 15.9 Å². The molecule has 72 valence electrons. The first-order valence-corrected chi connectivity index (χ1v) is 5.09. The van der Waals surface area contributed by atoms with E-state index in [-0.39, 0.29) is 5.82 Å². The third-order valence-corrected chi connectivity index (χ3v) is 2.91. The summed E-state index contributed by atoms with van der Waals surface area (Å²) in [6, 6.07) is 3.69. The monoisotopic (exact) mass is 245 g/mol. The standard InChI is InChI=1S/C10H13BrFN/c1-7-9(11)5-4-8(10(7)12)3-2-6-13/h4-5H,2-3,6,13H2,1H3. The summed E-state index contributed by atoms with van der Waals surface area (Å²) in [5.41, 5.74) is 6.79. The van der Waals surface area contributed by atoms with Gasteiger partial charge in [0.1, 0.15) is 5.82 Å². The van der Waals surface area contributed by atoms with Gasteiger partial charge in [-0.15, -0.1) is 0 Å². The fourth-order valence-electron chi connectivity index (χ4n) is 1.20. The van der Waals surface area contributed by atoms with Crippen molar-refractivity contribution in [2.45, 2.75) is 19.8 Å². The summed E-state index contributed by atoms with van der Waals surface area (Å²) in [6.07, 6.45) is 1.55. The van der Waals surface area contributed by atoms with Gasteiger partial charge in [0, 0.05) is 4.47 Å². The second-order valence-corrected chi connectivity index (χ2v) is 3.89. The summed E-state index contributed by atoms with van der Waals surface area (Å²) >= 11 is 3.28. The number of halogens is 2. The van der Waals surface area contributed by atoms with Crippen molar-refractivity contribution >= 4 is 15.9 Å². The van der Waals surface area contributed by atoms with Gasteiger partial charge in [0.15, 0.2) is 0 Å². The molecular weight excluding hydrogens is 233 g/mol. The Balaban J connectivity index is 2.90. The fourth-order valence-corrected chi connectivity index (χ4v) is 1.51. The Hall–Kier alpha value is -0.410. The third kappa shape index (κ3) is 2.51. The third-order valence-electron chi connectivity index (χ3n) is 2.05. The van der Waals surface area contributed by atoms with E-state index >= 15 is 0 Å². The van der Waals surface area contributed by atoms with Crippen LogP contribution in [0, 0.1) is 12.7 Å². The van der Waals surface area contributed by atoms with Gasteiger partial charge in [-0.3, -0.25) is 0 Å². The minimum absolute atomic E-state index is 0.108. The van der Waals surface area contributed by atoms with Gasteiger partial charge < -0.3 is 5.73 Å². The number of aryl methyl sites for hydroxylation is 1. The number of nitrogens with two attached hydrogens (primary N) is 1. The summed E-state index contributed by atoms with van der Waals surface area (Å²) in [5.74, 6) is -0.108. The zero-order valence-electron chi connectivity index (χ0n) is 7.61. The van der Waals surface area contributed by atoms with E-state index in [0.717, 1.165) is 22.9 Å². The quantitative estimate of drug-likeness (QED) is 0.871. The molecule has 1 rings (SSSR count). The van der Waals surface area contributed by atoms with Crippen LogP contribution in [0.3, 0.4) is 0 Å². The average molecular weight is 246 g/mol. The molecule has 0 aromatic heterocycles. The van der Waals surface area contributed by atoms with E-state index in [0.29, 0.717) is 12.1 Å². The maximum absolute atomic E-state index is 13.5. The molecule has 0 fully saturated rings. The Kier molecular flexibility index (Phi) is 3.88. The number of hydrogen-bond donors (Lipinski definition) is 1. The maximum atomic E-state index is 13.5. The van der Waals surface area contributed by atoms with Crippen molar-refractivity contribution in [2.24, 2.45) is 5.73 Å². The van der Waals surface area contributed by atoms with Crippen LogP contribution < -0.4 is 5.73 Å². The first kappa shape index (κ1) is 10.7. The summed E-state index contributed by atoms with van der Waals surface area (Å²) in [4.78, 5) is 0. The number of rotatable bonds is 3. The Morgan fingerprint density at radius 2 is 2.15 bits per heavy atom. The molecule has 1 nitrogen and oxygen atoms in total. The summed E-state index contributed by atoms with van der Waals surface area (Å²) in [6.45, 7) is 2.37. The van der Waals surface area contributed by atoms with Crippen LogP contribution in [-0.2, 0) is 6.42 Å². The Morgan fingerprint density at radius 3 is 2.77 bits per heavy atom. The lowest BCUT2D eigenvalue weighted by atomic mass is 10.1. The Bertz CT molecular complexity index is 299. The first-order chi connectivity index (χ1) is 6.16. The van der Waals surface area contributed by atoms with Crippen molar-refractivity contribution in [1.29, 1.82) is 0 Å². The van der Waals surface area contributed by atoms with Gasteiger partial charge in [-0.05, 0) is 43.5 Å². The molecule has 0 spiro atoms. The van der Waals surface area contributed by atoms with Gasteiger partial charge in [-0.1, -0.05) is 22.0 Å². The predicted molar refractivity (Wildman–Crippen MR) is 56.2 cm³/mol. The van der Waals surface area contributed by atoms with Gasteiger partial charge in [-0.2, -0.15) is 0 Å². The van der Waals surface area contributed by atoms with Crippen molar-refractivity contribution in [3.05, 3.63) is 33.5 Å². The summed E-state index contributed by atoms with van der Waals surface area (Å²) in [5, 5.41) is 0. The van der Waals surface area contributed by atoms with E-state index < -0.39 is 0 Å². The maximum Gasteiger partial charge on any atom is 0.130 e. The summed E-state index contributed by atoms with van der Waals surface area (Å²) in [7, 11) is 0. The second-order valence-electron chi connectivity index (χ2n) is 3.04. The van der Waals surface area contributed by atoms with Gasteiger partial charge in [0.2, 0.25) is 0 Å². The van der Waals surface area contributed by atoms with E-state index in [1.165, 1.54) is 0 Å². The highest BCUT2D eigenvalue weighted by atomic mass is 79.9. The zero-order chi connectivity index (χ0) is 9.84. The zero-order valence-corrected chi connectivity index (χ0v) is 9.20. The lowest BCUT2D eigenvalue weighted by Gasteiger charge is -2.06. The molecule has 0 aliphatic carbocycles. The smallest absolute Gasteiger partial charge is 0.130 e. The number of hydrogen-bond acceptors (Lipinski definition) is 1. The molecule has 0 amide bonds. The minimum Gasteiger partial charge on any atom is -0.330 e. The lowest BCUT2D eigenvalue weighted by Crippen LogP contribution is -2.02. The molecule has 0 unspecified atom stereocenters. The van der Waals surface area contributed by atoms with Crippen LogP contribution in [0.1, 0.15) is 17.5 Å². The molecule has 3 heteroatoms. The predicted octanol–water partition coefficient (Wildman–Crippen LogP) is 2.79. The summed E-state index contributed by atoms with van der Waals surface area (Å²) < 4.78 is 14.3. The van der Waals surface area contributed by atoms with E-state index in [1.54, 1.807) is 6.92 Å². The Labute approximate surface area is 86.3 Å². The topological polar surface area (TPSA) is 26.0 Å². The molecule has 1 aromatic carbocycles. The highest BCUT2D eigenvalue weighted by molar-refractivity contribution is 9.10. The molecule has 0 atom stereocenters. The van der Waals surface area contributed by atoms with Crippen LogP contribution in [0.25, 0.3) is 0 Å². The molecule has 0 saturated heterocycles. The van der Waals surface area contributed by atoms with Crippen molar-refractivity contribution in [3.8, 4) is 0 Å². The van der Waals surface area contributed by atoms with Crippen molar-refractivity contribution in [2.75, 3.05) is 6.54 Å². The molecule has 0 saturated carbocycles. The molecule has 0 aliphatic rings. The lowest BCUT2D eigenvalue weighted by molar-refractivity contribution is 0.595. The fraction of sp³-hybridized carbons (Fsp3) is 0.400. The van der Waals surface area contributed by atoms with Gasteiger partial charge in [0.25, 0.3) is 0 Å². The minimum atomic E-state index is -0.108. The molecule has 0 aliphatic heterocycles. The van der Waals surface area contributed by atoms with Crippen LogP contribution >= 0.6 is 15.9 Å². The van der Waals surface area contributed by atoms with Gasteiger partial charge in [-0.25, -0.2) is 4.39 Å². The van der Waals surface area contributed by atoms with Crippen LogP contribution in [-0.4, -0.2) is 6.54 Å². The molecule has 0 heterocycles. The second kappa shape index (κ2) is 4.72. The SMILES string of the molecule is Cc1c(Br)ccc(CCCN)c1F. The van der Waals surface area contributed by atoms with Crippen LogP contribution in [0.2, 0.25) is 0 Å². The van der Waals surface area contributed by atoms with Gasteiger partial charge >= 0.3 is 0 Å². The van der Waals surface area contributed by atoms with Crippen LogP contribution in [0.4, 0.5) is 4.39 Å². The average Bonchev–Trinajstić information content (AvgIpc) is 2.13. The molecule has 0 bridgehead atoms. The van der Waals surface area contributed by atoms with Crippen LogP contribution in [0.15, 0.2) is 16.6 Å². The van der Waals surface area contributed by atoms with Crippen molar-refractivity contribution < 1.29 is 4.39 Å². The largest absolute Gasteiger partial charge is 0.330 e. The van der Waals surface area contributed by atoms with Crippen molar-refractivity contribution in [1.82, 2.24) is 0 Å². The first-order valence-electron chi connectivity index (χ1n) is 4.30. The van der Waals surface area contributed by atoms with Gasteiger partial charge in [0.05, 0.1) is 0 Å². The van der Waals surface area contributed by atoms with Crippen LogP contribution in [0.5, 0.6) is 0 Å². The highest BCUT2D eigenvalue weighted by Crippen LogP contribution is 2.22. The normalized spacial score (nSPS) is 10.5. The Morgan fingerprint density at radius 1 is 1.46 bits per heavy atom. The van der Waals surface area contributed by atoms with E-state index in [1.807, 2.05) is 12.1 Å². The van der Waals surface area contributed by atoms with Crippen molar-refractivity contribution in [3.63, 3.8) is 0 Å². The highest BCUT2D eigenvalue weighted by Gasteiger charge is 2.07. The molecule has 2 N–H and O–H groups in total. The molecule has 0 radical (unpaired) electrons. The number of benzene rings is 1. The molecule has 1 aromatic rings. The molecule has 13 heavy (non-hydrogen) atoms. The molecular formula is C10H13BrFN. The van der Waals surface area contributed by atoms with E-state index in [9.17, 15) is 4.39 Å². The van der Waals surface area contributed by atoms with E-state index in [4.69, 9.17) is 5.73 Å².